The third kappa shape index (κ3) is 5.45. The van der Waals surface area contributed by atoms with Crippen molar-refractivity contribution in [2.45, 2.75) is 32.6 Å². The Kier molecular flexibility index (Phi) is 7.04. The Hall–Kier alpha value is -4.28. The molecule has 3 aromatic rings. The second-order valence-electron chi connectivity index (χ2n) is 8.49. The highest BCUT2D eigenvalue weighted by Gasteiger charge is 2.21. The molecule has 0 aliphatic heterocycles. The molecule has 4 rings (SSSR count). The number of aromatic nitrogens is 1. The van der Waals surface area contributed by atoms with E-state index in [1.165, 1.54) is 12.1 Å². The number of allylic oxidation sites excluding steroid dienone is 1. The van der Waals surface area contributed by atoms with E-state index in [2.05, 4.69) is 29.5 Å². The van der Waals surface area contributed by atoms with Gasteiger partial charge in [-0.15, -0.1) is 0 Å². The zero-order valence-electron chi connectivity index (χ0n) is 19.6. The van der Waals surface area contributed by atoms with E-state index in [0.29, 0.717) is 28.9 Å². The number of aryl methyl sites for hydroxylation is 1. The summed E-state index contributed by atoms with van der Waals surface area (Å²) >= 11 is 0. The highest BCUT2D eigenvalue weighted by atomic mass is 19.1. The fourth-order valence-corrected chi connectivity index (χ4v) is 4.08. The smallest absolute Gasteiger partial charge is 0.258 e. The summed E-state index contributed by atoms with van der Waals surface area (Å²) in [4.78, 5) is 29.6. The minimum absolute atomic E-state index is 0.0879. The van der Waals surface area contributed by atoms with Crippen molar-refractivity contribution in [2.75, 3.05) is 0 Å². The van der Waals surface area contributed by atoms with E-state index < -0.39 is 5.82 Å². The molecule has 0 fully saturated rings. The van der Waals surface area contributed by atoms with Crippen LogP contribution < -0.4 is 10.1 Å². The molecule has 5 nitrogen and oxygen atoms in total. The van der Waals surface area contributed by atoms with Crippen LogP contribution in [0.3, 0.4) is 0 Å². The van der Waals surface area contributed by atoms with Crippen LogP contribution in [0.25, 0.3) is 6.08 Å². The van der Waals surface area contributed by atoms with E-state index in [9.17, 15) is 14.0 Å². The number of amides is 1. The van der Waals surface area contributed by atoms with Crippen LogP contribution in [0.5, 0.6) is 5.75 Å². The van der Waals surface area contributed by atoms with Gasteiger partial charge in [0.25, 0.3) is 5.91 Å². The third-order valence-corrected chi connectivity index (χ3v) is 6.02. The zero-order valence-corrected chi connectivity index (χ0v) is 19.6. The number of pyridine rings is 1. The fourth-order valence-electron chi connectivity index (χ4n) is 4.08. The number of Topliss-reactive ketones (excluding diaryl/α,β-unsaturated/α-hetero) is 1. The molecule has 1 heterocycles. The molecule has 1 atom stereocenters. The number of ketones is 1. The normalized spacial score (nSPS) is 14.6. The summed E-state index contributed by atoms with van der Waals surface area (Å²) in [6.07, 6.45) is 6.37. The zero-order chi connectivity index (χ0) is 24.9. The lowest BCUT2D eigenvalue weighted by molar-refractivity contribution is 0.0948. The van der Waals surface area contributed by atoms with Crippen molar-refractivity contribution < 1.29 is 18.7 Å². The summed E-state index contributed by atoms with van der Waals surface area (Å²) in [7, 11) is 0. The molecule has 0 radical (unpaired) electrons. The minimum atomic E-state index is -0.433. The van der Waals surface area contributed by atoms with Crippen molar-refractivity contribution >= 4 is 17.8 Å². The number of halogens is 1. The van der Waals surface area contributed by atoms with Gasteiger partial charge in [-0.2, -0.15) is 0 Å². The molecule has 2 aromatic carbocycles. The molecule has 0 saturated carbocycles. The molecular weight excluding hydrogens is 443 g/mol. The molecule has 1 unspecified atom stereocenters. The van der Waals surface area contributed by atoms with E-state index in [1.54, 1.807) is 43.6 Å². The Morgan fingerprint density at radius 3 is 2.77 bits per heavy atom. The van der Waals surface area contributed by atoms with Crippen LogP contribution in [0.1, 0.15) is 63.1 Å². The quantitative estimate of drug-likeness (QED) is 0.269. The average Bonchev–Trinajstić information content (AvgIpc) is 3.02. The van der Waals surface area contributed by atoms with Gasteiger partial charge in [0, 0.05) is 29.1 Å². The van der Waals surface area contributed by atoms with E-state index in [0.717, 1.165) is 23.1 Å². The van der Waals surface area contributed by atoms with E-state index in [-0.39, 0.29) is 23.5 Å². The van der Waals surface area contributed by atoms with Crippen LogP contribution in [-0.4, -0.2) is 16.7 Å². The standard InChI is InChI=1S/C29H25FN2O3/c1-4-27(32-29(34)25-12-13-31-17-19(25)3)35-24-11-10-20-14-22(9-8-18(2)26(20)16-24)28(33)21-6-5-7-23(30)15-21/h5-7,10-18H,1,8-9H2,2-3H3,(H,32,34). The van der Waals surface area contributed by atoms with Gasteiger partial charge in [0.2, 0.25) is 5.88 Å². The highest BCUT2D eigenvalue weighted by Crippen LogP contribution is 2.35. The van der Waals surface area contributed by atoms with Crippen LogP contribution in [0.2, 0.25) is 0 Å². The SMILES string of the molecule is C=C=C(NC(=O)c1ccncc1C)Oc1ccc2c(c1)C(C)CCC(C(=O)c1cccc(F)c1)=C2. The number of carbonyl (C=O) groups excluding carboxylic acids is 2. The maximum Gasteiger partial charge on any atom is 0.258 e. The molecule has 1 N–H and O–H groups in total. The van der Waals surface area contributed by atoms with Crippen molar-refractivity contribution in [1.82, 2.24) is 10.3 Å². The lowest BCUT2D eigenvalue weighted by Gasteiger charge is -2.15. The maximum absolute atomic E-state index is 13.6. The number of carbonyl (C=O) groups is 2. The predicted octanol–water partition coefficient (Wildman–Crippen LogP) is 6.13. The number of hydrogen-bond donors (Lipinski definition) is 1. The Bertz CT molecular complexity index is 1390. The first-order valence-corrected chi connectivity index (χ1v) is 11.3. The topological polar surface area (TPSA) is 68.3 Å². The van der Waals surface area contributed by atoms with Gasteiger partial charge >= 0.3 is 0 Å². The average molecular weight is 469 g/mol. The lowest BCUT2D eigenvalue weighted by atomic mass is 9.93. The van der Waals surface area contributed by atoms with Gasteiger partial charge in [0.15, 0.2) is 5.78 Å². The number of hydrogen-bond acceptors (Lipinski definition) is 4. The van der Waals surface area contributed by atoms with Gasteiger partial charge in [-0.25, -0.2) is 4.39 Å². The second-order valence-corrected chi connectivity index (χ2v) is 8.49. The molecule has 176 valence electrons. The van der Waals surface area contributed by atoms with Gasteiger partial charge in [0.05, 0.1) is 0 Å². The Morgan fingerprint density at radius 2 is 2.03 bits per heavy atom. The molecule has 1 aliphatic carbocycles. The van der Waals surface area contributed by atoms with E-state index in [4.69, 9.17) is 4.74 Å². The lowest BCUT2D eigenvalue weighted by Crippen LogP contribution is -2.26. The number of nitrogens with zero attached hydrogens (tertiary/aromatic N) is 1. The molecule has 0 saturated heterocycles. The largest absolute Gasteiger partial charge is 0.434 e. The number of fused-ring (bicyclic) bond motifs is 1. The van der Waals surface area contributed by atoms with Crippen LogP contribution in [0.4, 0.5) is 4.39 Å². The molecular formula is C29H25FN2O3. The van der Waals surface area contributed by atoms with Crippen LogP contribution in [0, 0.1) is 12.7 Å². The highest BCUT2D eigenvalue weighted by molar-refractivity contribution is 6.11. The first-order valence-electron chi connectivity index (χ1n) is 11.3. The monoisotopic (exact) mass is 468 g/mol. The Morgan fingerprint density at radius 1 is 1.20 bits per heavy atom. The predicted molar refractivity (Wildman–Crippen MR) is 133 cm³/mol. The van der Waals surface area contributed by atoms with Crippen LogP contribution >= 0.6 is 0 Å². The van der Waals surface area contributed by atoms with Gasteiger partial charge in [-0.3, -0.25) is 19.9 Å². The van der Waals surface area contributed by atoms with E-state index >= 15 is 0 Å². The second kappa shape index (κ2) is 10.3. The first kappa shape index (κ1) is 23.9. The van der Waals surface area contributed by atoms with Crippen LogP contribution in [0.15, 0.2) is 84.7 Å². The van der Waals surface area contributed by atoms with Gasteiger partial charge in [-0.05, 0) is 78.8 Å². The van der Waals surface area contributed by atoms with Gasteiger partial charge in [-0.1, -0.05) is 37.4 Å². The summed E-state index contributed by atoms with van der Waals surface area (Å²) in [5.74, 6) is -0.184. The summed E-state index contributed by atoms with van der Waals surface area (Å²) < 4.78 is 19.5. The first-order chi connectivity index (χ1) is 16.9. The van der Waals surface area contributed by atoms with Crippen molar-refractivity contribution in [3.05, 3.63) is 118 Å². The van der Waals surface area contributed by atoms with Crippen molar-refractivity contribution in [2.24, 2.45) is 0 Å². The van der Waals surface area contributed by atoms with Gasteiger partial charge < -0.3 is 4.74 Å². The molecule has 1 amide bonds. The molecule has 1 aromatic heterocycles. The maximum atomic E-state index is 13.6. The summed E-state index contributed by atoms with van der Waals surface area (Å²) in [6, 6.07) is 12.9. The molecule has 6 heteroatoms. The minimum Gasteiger partial charge on any atom is -0.434 e. The van der Waals surface area contributed by atoms with E-state index in [1.807, 2.05) is 18.2 Å². The van der Waals surface area contributed by atoms with Crippen molar-refractivity contribution in [3.8, 4) is 5.75 Å². The number of nitrogens with one attached hydrogen (secondary N) is 1. The number of rotatable bonds is 6. The molecule has 0 spiro atoms. The fraction of sp³-hybridized carbons (Fsp3) is 0.172. The Labute approximate surface area is 203 Å². The molecule has 1 aliphatic rings. The van der Waals surface area contributed by atoms with Crippen molar-refractivity contribution in [3.63, 3.8) is 0 Å². The van der Waals surface area contributed by atoms with Gasteiger partial charge in [0.1, 0.15) is 11.6 Å². The van der Waals surface area contributed by atoms with Crippen LogP contribution in [-0.2, 0) is 0 Å². The number of ether oxygens (including phenoxy) is 1. The third-order valence-electron chi connectivity index (χ3n) is 6.02. The summed E-state index contributed by atoms with van der Waals surface area (Å²) in [6.45, 7) is 7.51. The summed E-state index contributed by atoms with van der Waals surface area (Å²) in [5, 5.41) is 2.69. The van der Waals surface area contributed by atoms with Crippen molar-refractivity contribution in [1.29, 1.82) is 0 Å². The summed E-state index contributed by atoms with van der Waals surface area (Å²) in [5.41, 5.74) is 6.75. The molecule has 0 bridgehead atoms. The Balaban J connectivity index is 1.55. The molecule has 35 heavy (non-hydrogen) atoms. The number of benzene rings is 2.